The SMILES string of the molecule is FC(F)(F)c1cccc(-n2ccc3c[c]ccc32)c1. The summed E-state index contributed by atoms with van der Waals surface area (Å²) in [5.74, 6) is 0. The maximum absolute atomic E-state index is 12.7. The first-order chi connectivity index (χ1) is 9.05. The number of alkyl halides is 3. The minimum Gasteiger partial charge on any atom is -0.317 e. The van der Waals surface area contributed by atoms with Gasteiger partial charge in [0.05, 0.1) is 11.1 Å². The molecule has 0 aliphatic rings. The van der Waals surface area contributed by atoms with Crippen molar-refractivity contribution in [2.24, 2.45) is 0 Å². The van der Waals surface area contributed by atoms with Crippen LogP contribution in [-0.4, -0.2) is 4.57 Å². The molecule has 1 nitrogen and oxygen atoms in total. The second-order valence-corrected chi connectivity index (χ2v) is 4.22. The van der Waals surface area contributed by atoms with Gasteiger partial charge in [-0.3, -0.25) is 0 Å². The van der Waals surface area contributed by atoms with Crippen LogP contribution in [0.2, 0.25) is 0 Å². The summed E-state index contributed by atoms with van der Waals surface area (Å²) in [4.78, 5) is 0. The van der Waals surface area contributed by atoms with Gasteiger partial charge in [0.1, 0.15) is 0 Å². The van der Waals surface area contributed by atoms with E-state index >= 15 is 0 Å². The lowest BCUT2D eigenvalue weighted by molar-refractivity contribution is -0.137. The molecule has 1 heterocycles. The molecule has 0 bridgehead atoms. The van der Waals surface area contributed by atoms with Gasteiger partial charge in [0, 0.05) is 17.3 Å². The molecule has 0 saturated heterocycles. The largest absolute Gasteiger partial charge is 0.416 e. The summed E-state index contributed by atoms with van der Waals surface area (Å²) >= 11 is 0. The van der Waals surface area contributed by atoms with Crippen molar-refractivity contribution in [3.63, 3.8) is 0 Å². The van der Waals surface area contributed by atoms with Crippen LogP contribution in [0.15, 0.2) is 54.7 Å². The Labute approximate surface area is 107 Å². The van der Waals surface area contributed by atoms with Crippen LogP contribution in [0.4, 0.5) is 13.2 Å². The molecule has 0 aliphatic heterocycles. The molecular formula is C15H9F3N. The van der Waals surface area contributed by atoms with Crippen LogP contribution in [0.1, 0.15) is 5.56 Å². The number of rotatable bonds is 1. The second-order valence-electron chi connectivity index (χ2n) is 4.22. The Hall–Kier alpha value is -2.23. The zero-order valence-corrected chi connectivity index (χ0v) is 9.78. The smallest absolute Gasteiger partial charge is 0.317 e. The first kappa shape index (κ1) is 11.8. The van der Waals surface area contributed by atoms with Crippen LogP contribution in [0.5, 0.6) is 0 Å². The maximum atomic E-state index is 12.7. The van der Waals surface area contributed by atoms with Gasteiger partial charge in [-0.05, 0) is 42.5 Å². The molecule has 0 aliphatic carbocycles. The minimum absolute atomic E-state index is 0.496. The third kappa shape index (κ3) is 2.10. The van der Waals surface area contributed by atoms with Crippen LogP contribution in [-0.2, 0) is 6.18 Å². The van der Waals surface area contributed by atoms with E-state index in [-0.39, 0.29) is 0 Å². The molecule has 0 saturated carbocycles. The maximum Gasteiger partial charge on any atom is 0.416 e. The quantitative estimate of drug-likeness (QED) is 0.609. The lowest BCUT2D eigenvalue weighted by Crippen LogP contribution is -2.05. The molecule has 0 fully saturated rings. The van der Waals surface area contributed by atoms with E-state index in [1.165, 1.54) is 6.07 Å². The van der Waals surface area contributed by atoms with E-state index in [1.807, 2.05) is 12.1 Å². The number of hydrogen-bond donors (Lipinski definition) is 0. The van der Waals surface area contributed by atoms with E-state index in [2.05, 4.69) is 6.07 Å². The van der Waals surface area contributed by atoms with Crippen molar-refractivity contribution in [1.29, 1.82) is 0 Å². The van der Waals surface area contributed by atoms with Gasteiger partial charge in [0.25, 0.3) is 0 Å². The van der Waals surface area contributed by atoms with E-state index < -0.39 is 11.7 Å². The molecule has 0 N–H and O–H groups in total. The molecule has 0 atom stereocenters. The van der Waals surface area contributed by atoms with Gasteiger partial charge in [-0.2, -0.15) is 13.2 Å². The van der Waals surface area contributed by atoms with Crippen molar-refractivity contribution in [2.75, 3.05) is 0 Å². The first-order valence-corrected chi connectivity index (χ1v) is 5.70. The van der Waals surface area contributed by atoms with Gasteiger partial charge in [-0.15, -0.1) is 0 Å². The Bertz CT molecular complexity index is 725. The number of aromatic nitrogens is 1. The van der Waals surface area contributed by atoms with Gasteiger partial charge in [0.2, 0.25) is 0 Å². The van der Waals surface area contributed by atoms with Crippen molar-refractivity contribution in [3.8, 4) is 5.69 Å². The van der Waals surface area contributed by atoms with Crippen molar-refractivity contribution in [2.45, 2.75) is 6.18 Å². The Balaban J connectivity index is 2.17. The number of halogens is 3. The molecule has 3 aromatic rings. The van der Waals surface area contributed by atoms with Gasteiger partial charge in [-0.1, -0.05) is 12.1 Å². The van der Waals surface area contributed by atoms with Crippen LogP contribution in [0.25, 0.3) is 16.6 Å². The van der Waals surface area contributed by atoms with Gasteiger partial charge in [0.15, 0.2) is 0 Å². The van der Waals surface area contributed by atoms with E-state index in [9.17, 15) is 13.2 Å². The van der Waals surface area contributed by atoms with Crippen LogP contribution < -0.4 is 0 Å². The molecule has 19 heavy (non-hydrogen) atoms. The molecule has 0 spiro atoms. The Morgan fingerprint density at radius 3 is 2.68 bits per heavy atom. The number of benzene rings is 2. The zero-order valence-electron chi connectivity index (χ0n) is 9.78. The summed E-state index contributed by atoms with van der Waals surface area (Å²) in [5.41, 5.74) is 0.712. The molecule has 3 rings (SSSR count). The van der Waals surface area contributed by atoms with Crippen molar-refractivity contribution >= 4 is 10.9 Å². The van der Waals surface area contributed by atoms with Gasteiger partial charge < -0.3 is 4.57 Å². The standard InChI is InChI=1S/C15H9F3N/c16-15(17,18)12-5-3-6-13(10-12)19-9-8-11-4-1-2-7-14(11)19/h2-10H. The van der Waals surface area contributed by atoms with Gasteiger partial charge in [-0.25, -0.2) is 0 Å². The van der Waals surface area contributed by atoms with Crippen molar-refractivity contribution in [3.05, 3.63) is 66.4 Å². The average Bonchev–Trinajstić information content (AvgIpc) is 2.82. The molecule has 95 valence electrons. The Morgan fingerprint density at radius 2 is 1.89 bits per heavy atom. The Kier molecular flexibility index (Phi) is 2.59. The Morgan fingerprint density at radius 1 is 1.05 bits per heavy atom. The summed E-state index contributed by atoms with van der Waals surface area (Å²) in [6.45, 7) is 0. The van der Waals surface area contributed by atoms with E-state index in [4.69, 9.17) is 0 Å². The molecule has 4 heteroatoms. The molecule has 0 unspecified atom stereocenters. The fraction of sp³-hybridized carbons (Fsp3) is 0.0667. The molecule has 2 aromatic carbocycles. The summed E-state index contributed by atoms with van der Waals surface area (Å²) < 4.78 is 39.9. The van der Waals surface area contributed by atoms with Crippen molar-refractivity contribution < 1.29 is 13.2 Å². The summed E-state index contributed by atoms with van der Waals surface area (Å²) in [6.07, 6.45) is -2.57. The number of hydrogen-bond acceptors (Lipinski definition) is 0. The predicted molar refractivity (Wildman–Crippen MR) is 67.1 cm³/mol. The lowest BCUT2D eigenvalue weighted by Gasteiger charge is -2.10. The van der Waals surface area contributed by atoms with E-state index in [1.54, 1.807) is 29.0 Å². The molecule has 1 radical (unpaired) electrons. The van der Waals surface area contributed by atoms with Crippen LogP contribution in [0, 0.1) is 6.07 Å². The highest BCUT2D eigenvalue weighted by atomic mass is 19.4. The number of fused-ring (bicyclic) bond motifs is 1. The summed E-state index contributed by atoms with van der Waals surface area (Å²) in [7, 11) is 0. The molecule has 1 aromatic heterocycles. The summed E-state index contributed by atoms with van der Waals surface area (Å²) in [6, 6.07) is 15.5. The topological polar surface area (TPSA) is 4.93 Å². The highest BCUT2D eigenvalue weighted by Gasteiger charge is 2.30. The fourth-order valence-electron chi connectivity index (χ4n) is 2.08. The average molecular weight is 260 g/mol. The summed E-state index contributed by atoms with van der Waals surface area (Å²) in [5, 5.41) is 0.944. The third-order valence-corrected chi connectivity index (χ3v) is 2.99. The van der Waals surface area contributed by atoms with Crippen molar-refractivity contribution in [1.82, 2.24) is 4.57 Å². The van der Waals surface area contributed by atoms with Gasteiger partial charge >= 0.3 is 6.18 Å². The first-order valence-electron chi connectivity index (χ1n) is 5.70. The fourth-order valence-corrected chi connectivity index (χ4v) is 2.08. The highest BCUT2D eigenvalue weighted by Crippen LogP contribution is 2.31. The lowest BCUT2D eigenvalue weighted by atomic mass is 10.2. The second kappa shape index (κ2) is 4.16. The predicted octanol–water partition coefficient (Wildman–Crippen LogP) is 4.45. The third-order valence-electron chi connectivity index (χ3n) is 2.99. The van der Waals surface area contributed by atoms with E-state index in [0.717, 1.165) is 23.0 Å². The van der Waals surface area contributed by atoms with Crippen LogP contribution in [0.3, 0.4) is 0 Å². The monoisotopic (exact) mass is 260 g/mol. The molecule has 0 amide bonds. The number of nitrogens with zero attached hydrogens (tertiary/aromatic N) is 1. The van der Waals surface area contributed by atoms with Crippen LogP contribution >= 0.6 is 0 Å². The normalized spacial score (nSPS) is 11.9. The van der Waals surface area contributed by atoms with E-state index in [0.29, 0.717) is 5.69 Å². The molecular weight excluding hydrogens is 251 g/mol. The minimum atomic E-state index is -4.33. The zero-order chi connectivity index (χ0) is 13.5. The highest BCUT2D eigenvalue weighted by molar-refractivity contribution is 5.81.